The van der Waals surface area contributed by atoms with Crippen molar-refractivity contribution in [2.75, 3.05) is 13.7 Å². The quantitative estimate of drug-likeness (QED) is 0.817. The third kappa shape index (κ3) is 3.76. The number of rotatable bonds is 6. The van der Waals surface area contributed by atoms with Crippen molar-refractivity contribution in [2.45, 2.75) is 32.7 Å². The fourth-order valence-corrected chi connectivity index (χ4v) is 1.97. The monoisotopic (exact) mass is 285 g/mol. The Morgan fingerprint density at radius 3 is 2.60 bits per heavy atom. The Morgan fingerprint density at radius 2 is 2.05 bits per heavy atom. The van der Waals surface area contributed by atoms with Crippen molar-refractivity contribution in [1.82, 2.24) is 5.32 Å². The molecule has 0 radical (unpaired) electrons. The van der Waals surface area contributed by atoms with Gasteiger partial charge in [0.1, 0.15) is 17.2 Å². The highest BCUT2D eigenvalue weighted by molar-refractivity contribution is 5.82. The average molecular weight is 285 g/mol. The summed E-state index contributed by atoms with van der Waals surface area (Å²) in [6.07, 6.45) is 0.809. The van der Waals surface area contributed by atoms with Gasteiger partial charge in [-0.2, -0.15) is 0 Å². The van der Waals surface area contributed by atoms with Gasteiger partial charge in [0, 0.05) is 5.56 Å². The number of hydrogen-bond acceptors (Lipinski definition) is 3. The molecule has 1 unspecified atom stereocenters. The van der Waals surface area contributed by atoms with E-state index in [4.69, 9.17) is 4.74 Å². The normalized spacial score (nSPS) is 14.2. The Hall–Kier alpha value is -1.49. The summed E-state index contributed by atoms with van der Waals surface area (Å²) in [7, 11) is 1.22. The van der Waals surface area contributed by atoms with E-state index in [0.29, 0.717) is 12.5 Å². The number of methoxy groups -OCH3 is 1. The molecule has 5 heteroatoms. The molecule has 0 amide bonds. The van der Waals surface area contributed by atoms with Crippen LogP contribution in [-0.2, 0) is 15.1 Å². The molecule has 0 aliphatic heterocycles. The van der Waals surface area contributed by atoms with Crippen molar-refractivity contribution in [3.05, 3.63) is 35.4 Å². The van der Waals surface area contributed by atoms with E-state index >= 15 is 0 Å². The third-order valence-electron chi connectivity index (χ3n) is 3.26. The molecule has 1 rings (SSSR count). The van der Waals surface area contributed by atoms with Gasteiger partial charge in [-0.15, -0.1) is 0 Å². The smallest absolute Gasteiger partial charge is 0.330 e. The Morgan fingerprint density at radius 1 is 1.40 bits per heavy atom. The zero-order chi connectivity index (χ0) is 15.3. The topological polar surface area (TPSA) is 38.3 Å². The van der Waals surface area contributed by atoms with E-state index in [1.54, 1.807) is 0 Å². The van der Waals surface area contributed by atoms with Crippen LogP contribution >= 0.6 is 0 Å². The second kappa shape index (κ2) is 6.79. The van der Waals surface area contributed by atoms with Gasteiger partial charge in [0.15, 0.2) is 0 Å². The van der Waals surface area contributed by atoms with Gasteiger partial charge in [-0.3, -0.25) is 5.32 Å². The van der Waals surface area contributed by atoms with E-state index in [9.17, 15) is 13.6 Å². The number of carbonyl (C=O) groups excluding carboxylic acids is 1. The Kier molecular flexibility index (Phi) is 5.62. The summed E-state index contributed by atoms with van der Waals surface area (Å²) in [5.74, 6) is -1.45. The Balaban J connectivity index is 3.10. The Labute approximate surface area is 118 Å². The molecule has 20 heavy (non-hydrogen) atoms. The largest absolute Gasteiger partial charge is 0.467 e. The molecule has 1 atom stereocenters. The van der Waals surface area contributed by atoms with Crippen LogP contribution in [0, 0.1) is 17.6 Å². The van der Waals surface area contributed by atoms with Crippen LogP contribution in [-0.4, -0.2) is 19.6 Å². The second-order valence-corrected chi connectivity index (χ2v) is 5.35. The number of nitrogens with one attached hydrogen (secondary N) is 1. The third-order valence-corrected chi connectivity index (χ3v) is 3.26. The van der Waals surface area contributed by atoms with Crippen molar-refractivity contribution in [3.8, 4) is 0 Å². The number of esters is 1. The van der Waals surface area contributed by atoms with Crippen molar-refractivity contribution < 1.29 is 18.3 Å². The predicted octanol–water partition coefficient (Wildman–Crippen LogP) is 2.99. The molecule has 0 aliphatic carbocycles. The first-order chi connectivity index (χ1) is 9.31. The maximum Gasteiger partial charge on any atom is 0.330 e. The molecule has 1 aromatic carbocycles. The molecule has 0 aromatic heterocycles. The number of hydrogen-bond donors (Lipinski definition) is 1. The maximum atomic E-state index is 13.9. The highest BCUT2D eigenvalue weighted by atomic mass is 19.1. The number of benzene rings is 1. The van der Waals surface area contributed by atoms with Crippen LogP contribution in [0.3, 0.4) is 0 Å². The summed E-state index contributed by atoms with van der Waals surface area (Å²) >= 11 is 0. The maximum absolute atomic E-state index is 13.9. The number of ether oxygens (including phenoxy) is 1. The van der Waals surface area contributed by atoms with Crippen molar-refractivity contribution >= 4 is 5.97 Å². The van der Waals surface area contributed by atoms with E-state index in [1.807, 2.05) is 13.8 Å². The van der Waals surface area contributed by atoms with Crippen LogP contribution in [0.1, 0.15) is 32.8 Å². The molecule has 0 spiro atoms. The van der Waals surface area contributed by atoms with Crippen LogP contribution < -0.4 is 5.32 Å². The van der Waals surface area contributed by atoms with E-state index < -0.39 is 23.1 Å². The fraction of sp³-hybridized carbons (Fsp3) is 0.533. The first-order valence-electron chi connectivity index (χ1n) is 6.60. The summed E-state index contributed by atoms with van der Waals surface area (Å²) in [5.41, 5.74) is -1.45. The van der Waals surface area contributed by atoms with Gasteiger partial charge in [0.2, 0.25) is 0 Å². The molecular formula is C15H21F2NO2. The lowest BCUT2D eigenvalue weighted by molar-refractivity contribution is -0.148. The van der Waals surface area contributed by atoms with Crippen molar-refractivity contribution in [2.24, 2.45) is 5.92 Å². The lowest BCUT2D eigenvalue weighted by Gasteiger charge is -2.29. The van der Waals surface area contributed by atoms with Gasteiger partial charge in [-0.25, -0.2) is 13.6 Å². The van der Waals surface area contributed by atoms with Crippen LogP contribution in [0.15, 0.2) is 18.2 Å². The molecule has 3 nitrogen and oxygen atoms in total. The minimum absolute atomic E-state index is 0.0480. The Bertz CT molecular complexity index is 477. The van der Waals surface area contributed by atoms with Gasteiger partial charge in [-0.05, 0) is 44.0 Å². The molecular weight excluding hydrogens is 264 g/mol. The van der Waals surface area contributed by atoms with Gasteiger partial charge >= 0.3 is 5.97 Å². The van der Waals surface area contributed by atoms with Gasteiger partial charge < -0.3 is 4.74 Å². The summed E-state index contributed by atoms with van der Waals surface area (Å²) in [4.78, 5) is 12.0. The molecule has 1 aromatic rings. The average Bonchev–Trinajstić information content (AvgIpc) is 2.39. The first kappa shape index (κ1) is 16.6. The number of carbonyl (C=O) groups is 1. The van der Waals surface area contributed by atoms with Gasteiger partial charge in [-0.1, -0.05) is 13.8 Å². The first-order valence-corrected chi connectivity index (χ1v) is 6.60. The molecule has 1 N–H and O–H groups in total. The van der Waals surface area contributed by atoms with E-state index in [2.05, 4.69) is 5.32 Å². The number of halogens is 2. The minimum Gasteiger partial charge on any atom is -0.467 e. The molecule has 112 valence electrons. The standard InChI is InChI=1S/C15H21F2NO2/c1-10(2)7-8-18-15(3,14(19)20-4)12-9-11(16)5-6-13(12)17/h5-6,9-10,18H,7-8H2,1-4H3. The fourth-order valence-electron chi connectivity index (χ4n) is 1.97. The molecule has 0 aliphatic rings. The summed E-state index contributed by atoms with van der Waals surface area (Å²) in [6, 6.07) is 3.05. The van der Waals surface area contributed by atoms with E-state index in [1.165, 1.54) is 14.0 Å². The lowest BCUT2D eigenvalue weighted by atomic mass is 9.91. The zero-order valence-corrected chi connectivity index (χ0v) is 12.3. The molecule has 0 heterocycles. The summed E-state index contributed by atoms with van der Waals surface area (Å²) in [6.45, 7) is 6.08. The van der Waals surface area contributed by atoms with Crippen molar-refractivity contribution in [3.63, 3.8) is 0 Å². The molecule has 0 saturated heterocycles. The van der Waals surface area contributed by atoms with Gasteiger partial charge in [0.05, 0.1) is 7.11 Å². The molecule has 0 saturated carbocycles. The van der Waals surface area contributed by atoms with Crippen LogP contribution in [0.4, 0.5) is 8.78 Å². The zero-order valence-electron chi connectivity index (χ0n) is 12.3. The minimum atomic E-state index is -1.41. The SMILES string of the molecule is COC(=O)C(C)(NCCC(C)C)c1cc(F)ccc1F. The molecule has 0 fully saturated rings. The van der Waals surface area contributed by atoms with Crippen LogP contribution in [0.2, 0.25) is 0 Å². The van der Waals surface area contributed by atoms with E-state index in [-0.39, 0.29) is 5.56 Å². The van der Waals surface area contributed by atoms with Crippen molar-refractivity contribution in [1.29, 1.82) is 0 Å². The van der Waals surface area contributed by atoms with Crippen LogP contribution in [0.25, 0.3) is 0 Å². The second-order valence-electron chi connectivity index (χ2n) is 5.35. The lowest BCUT2D eigenvalue weighted by Crippen LogP contribution is -2.48. The van der Waals surface area contributed by atoms with E-state index in [0.717, 1.165) is 24.6 Å². The van der Waals surface area contributed by atoms with Gasteiger partial charge in [0.25, 0.3) is 0 Å². The highest BCUT2D eigenvalue weighted by Gasteiger charge is 2.38. The summed E-state index contributed by atoms with van der Waals surface area (Å²) in [5, 5.41) is 2.98. The molecule has 0 bridgehead atoms. The highest BCUT2D eigenvalue weighted by Crippen LogP contribution is 2.26. The van der Waals surface area contributed by atoms with Crippen LogP contribution in [0.5, 0.6) is 0 Å². The predicted molar refractivity (Wildman–Crippen MR) is 73.2 cm³/mol. The summed E-state index contributed by atoms with van der Waals surface area (Å²) < 4.78 is 32.0.